The average Bonchev–Trinajstić information content (AvgIpc) is 2.66. The Kier molecular flexibility index (Phi) is 9.04. The van der Waals surface area contributed by atoms with Gasteiger partial charge in [-0.1, -0.05) is 60.1 Å². The maximum atomic E-state index is 13.1. The predicted octanol–water partition coefficient (Wildman–Crippen LogP) is 3.91. The van der Waals surface area contributed by atoms with Crippen LogP contribution in [0.4, 0.5) is 0 Å². The number of rotatable bonds is 9. The minimum atomic E-state index is -1.80. The van der Waals surface area contributed by atoms with Gasteiger partial charge in [0.2, 0.25) is 0 Å². The molecule has 1 saturated heterocycles. The molecule has 162 valence electrons. The van der Waals surface area contributed by atoms with E-state index in [-0.39, 0.29) is 23.4 Å². The van der Waals surface area contributed by atoms with Crippen molar-refractivity contribution < 1.29 is 24.5 Å². The van der Waals surface area contributed by atoms with Gasteiger partial charge in [-0.05, 0) is 19.8 Å². The molecule has 1 fully saturated rings. The molecule has 28 heavy (non-hydrogen) atoms. The molecule has 8 unspecified atom stereocenters. The van der Waals surface area contributed by atoms with Gasteiger partial charge in [0.15, 0.2) is 5.79 Å². The third-order valence-corrected chi connectivity index (χ3v) is 6.61. The topological polar surface area (TPSA) is 83.8 Å². The van der Waals surface area contributed by atoms with Gasteiger partial charge in [0, 0.05) is 30.1 Å². The Balaban J connectivity index is 3.11. The molecular weight excluding hydrogens is 356 g/mol. The van der Waals surface area contributed by atoms with Crippen molar-refractivity contribution in [3.05, 3.63) is 11.6 Å². The highest BCUT2D eigenvalue weighted by molar-refractivity contribution is 5.84. The van der Waals surface area contributed by atoms with Crippen molar-refractivity contribution in [3.8, 4) is 0 Å². The van der Waals surface area contributed by atoms with E-state index >= 15 is 0 Å². The molecule has 0 aromatic carbocycles. The maximum absolute atomic E-state index is 13.1. The van der Waals surface area contributed by atoms with Crippen LogP contribution >= 0.6 is 0 Å². The van der Waals surface area contributed by atoms with E-state index in [9.17, 15) is 19.8 Å². The molecule has 1 heterocycles. The van der Waals surface area contributed by atoms with Crippen LogP contribution in [-0.4, -0.2) is 39.8 Å². The molecule has 0 aromatic rings. The van der Waals surface area contributed by atoms with Crippen LogP contribution in [0.5, 0.6) is 0 Å². The first-order valence-corrected chi connectivity index (χ1v) is 10.7. The first-order chi connectivity index (χ1) is 12.9. The molecule has 0 aromatic heterocycles. The monoisotopic (exact) mass is 396 g/mol. The molecule has 1 aliphatic heterocycles. The summed E-state index contributed by atoms with van der Waals surface area (Å²) in [6.45, 7) is 14.7. The first kappa shape index (κ1) is 25.0. The summed E-state index contributed by atoms with van der Waals surface area (Å²) in [4.78, 5) is 25.3. The summed E-state index contributed by atoms with van der Waals surface area (Å²) in [5.74, 6) is -4.34. The van der Waals surface area contributed by atoms with Crippen molar-refractivity contribution in [3.63, 3.8) is 0 Å². The van der Waals surface area contributed by atoms with Crippen molar-refractivity contribution in [2.45, 2.75) is 92.6 Å². The number of hydrogen-bond donors (Lipinski definition) is 2. The van der Waals surface area contributed by atoms with Gasteiger partial charge >= 0.3 is 0 Å². The summed E-state index contributed by atoms with van der Waals surface area (Å²) in [5, 5.41) is 22.2. The Morgan fingerprint density at radius 1 is 1.18 bits per heavy atom. The second kappa shape index (κ2) is 10.1. The van der Waals surface area contributed by atoms with Gasteiger partial charge in [-0.15, -0.1) is 0 Å². The Hall–Kier alpha value is -1.04. The SMILES string of the molecule is CCC=C(C)CC(C)C(=O)C(C)C1(O)OC(C(C)C(=O)CC)C(C)C(O)C1C. The largest absolute Gasteiger partial charge is 0.392 e. The standard InChI is InChI=1S/C23H40O5/c1-9-11-13(3)12-14(4)20(25)17(7)23(27)18(8)21(26)16(6)22(28-23)15(5)19(24)10-2/h11,14-18,21-22,26-27H,9-10,12H2,1-8H3. The fourth-order valence-electron chi connectivity index (χ4n) is 4.53. The lowest BCUT2D eigenvalue weighted by Gasteiger charge is -2.51. The number of hydrogen-bond acceptors (Lipinski definition) is 5. The van der Waals surface area contributed by atoms with Crippen LogP contribution in [0, 0.1) is 29.6 Å². The molecule has 0 amide bonds. The molecule has 1 aliphatic rings. The van der Waals surface area contributed by atoms with Gasteiger partial charge in [0.1, 0.15) is 11.6 Å². The highest BCUT2D eigenvalue weighted by Crippen LogP contribution is 2.43. The number of carbonyl (C=O) groups is 2. The van der Waals surface area contributed by atoms with E-state index < -0.39 is 35.7 Å². The second-order valence-electron chi connectivity index (χ2n) is 8.77. The van der Waals surface area contributed by atoms with Gasteiger partial charge < -0.3 is 14.9 Å². The highest BCUT2D eigenvalue weighted by Gasteiger charge is 2.56. The lowest BCUT2D eigenvalue weighted by Crippen LogP contribution is -2.63. The fraction of sp³-hybridized carbons (Fsp3) is 0.826. The number of Topliss-reactive ketones (excluding diaryl/α,β-unsaturated/α-hetero) is 2. The van der Waals surface area contributed by atoms with Gasteiger partial charge in [-0.2, -0.15) is 0 Å². The Morgan fingerprint density at radius 2 is 1.75 bits per heavy atom. The van der Waals surface area contributed by atoms with Crippen molar-refractivity contribution >= 4 is 11.6 Å². The average molecular weight is 397 g/mol. The number of aliphatic hydroxyl groups is 2. The summed E-state index contributed by atoms with van der Waals surface area (Å²) in [7, 11) is 0. The van der Waals surface area contributed by atoms with Crippen LogP contribution in [0.2, 0.25) is 0 Å². The highest BCUT2D eigenvalue weighted by atomic mass is 16.6. The van der Waals surface area contributed by atoms with Gasteiger partial charge in [-0.25, -0.2) is 0 Å². The number of ketones is 2. The fourth-order valence-corrected chi connectivity index (χ4v) is 4.53. The van der Waals surface area contributed by atoms with E-state index in [1.54, 1.807) is 27.7 Å². The van der Waals surface area contributed by atoms with Crippen LogP contribution in [0.1, 0.15) is 74.7 Å². The Bertz CT molecular complexity index is 584. The third-order valence-electron chi connectivity index (χ3n) is 6.61. The molecular formula is C23H40O5. The van der Waals surface area contributed by atoms with E-state index in [1.807, 2.05) is 20.8 Å². The first-order valence-electron chi connectivity index (χ1n) is 10.7. The lowest BCUT2D eigenvalue weighted by atomic mass is 9.71. The second-order valence-corrected chi connectivity index (χ2v) is 8.77. The lowest BCUT2D eigenvalue weighted by molar-refractivity contribution is -0.337. The maximum Gasteiger partial charge on any atom is 0.180 e. The molecule has 5 heteroatoms. The smallest absolute Gasteiger partial charge is 0.180 e. The summed E-state index contributed by atoms with van der Waals surface area (Å²) < 4.78 is 6.08. The number of allylic oxidation sites excluding steroid dienone is 2. The van der Waals surface area contributed by atoms with Crippen LogP contribution in [0.3, 0.4) is 0 Å². The summed E-state index contributed by atoms with van der Waals surface area (Å²) in [6, 6.07) is 0. The molecule has 0 aliphatic carbocycles. The van der Waals surface area contributed by atoms with Crippen molar-refractivity contribution in [2.75, 3.05) is 0 Å². The van der Waals surface area contributed by atoms with Crippen molar-refractivity contribution in [1.82, 2.24) is 0 Å². The van der Waals surface area contributed by atoms with E-state index in [0.717, 1.165) is 12.0 Å². The van der Waals surface area contributed by atoms with E-state index in [4.69, 9.17) is 4.74 Å². The van der Waals surface area contributed by atoms with E-state index in [2.05, 4.69) is 13.0 Å². The molecule has 0 saturated carbocycles. The van der Waals surface area contributed by atoms with Gasteiger partial charge in [0.05, 0.1) is 18.1 Å². The zero-order valence-corrected chi connectivity index (χ0v) is 18.9. The number of ether oxygens (including phenoxy) is 1. The van der Waals surface area contributed by atoms with E-state index in [1.165, 1.54) is 0 Å². The molecule has 1 rings (SSSR count). The van der Waals surface area contributed by atoms with Gasteiger partial charge in [0.25, 0.3) is 0 Å². The Labute approximate surface area is 170 Å². The van der Waals surface area contributed by atoms with Crippen molar-refractivity contribution in [2.24, 2.45) is 29.6 Å². The molecule has 0 spiro atoms. The van der Waals surface area contributed by atoms with Crippen LogP contribution < -0.4 is 0 Å². The molecule has 5 nitrogen and oxygen atoms in total. The minimum absolute atomic E-state index is 0.0219. The molecule has 8 atom stereocenters. The van der Waals surface area contributed by atoms with Crippen LogP contribution in [0.15, 0.2) is 11.6 Å². The molecule has 0 radical (unpaired) electrons. The van der Waals surface area contributed by atoms with Gasteiger partial charge in [-0.3, -0.25) is 9.59 Å². The molecule has 0 bridgehead atoms. The van der Waals surface area contributed by atoms with Crippen LogP contribution in [-0.2, 0) is 14.3 Å². The number of carbonyl (C=O) groups excluding carboxylic acids is 2. The quantitative estimate of drug-likeness (QED) is 0.577. The van der Waals surface area contributed by atoms with Crippen LogP contribution in [0.25, 0.3) is 0 Å². The third kappa shape index (κ3) is 5.11. The normalized spacial score (nSPS) is 34.6. The Morgan fingerprint density at radius 3 is 2.25 bits per heavy atom. The summed E-state index contributed by atoms with van der Waals surface area (Å²) in [6.07, 6.45) is 2.53. The van der Waals surface area contributed by atoms with E-state index in [0.29, 0.717) is 12.8 Å². The summed E-state index contributed by atoms with van der Waals surface area (Å²) in [5.41, 5.74) is 1.15. The zero-order valence-electron chi connectivity index (χ0n) is 18.9. The predicted molar refractivity (Wildman–Crippen MR) is 111 cm³/mol. The van der Waals surface area contributed by atoms with Crippen molar-refractivity contribution in [1.29, 1.82) is 0 Å². The minimum Gasteiger partial charge on any atom is -0.392 e. The summed E-state index contributed by atoms with van der Waals surface area (Å²) >= 11 is 0. The number of aliphatic hydroxyl groups excluding tert-OH is 1. The molecule has 2 N–H and O–H groups in total. The zero-order chi connectivity index (χ0) is 21.8.